The van der Waals surface area contributed by atoms with Gasteiger partial charge >= 0.3 is 5.97 Å². The van der Waals surface area contributed by atoms with E-state index in [4.69, 9.17) is 4.74 Å². The topological polar surface area (TPSA) is 95.9 Å². The zero-order chi connectivity index (χ0) is 58.5. The summed E-state index contributed by atoms with van der Waals surface area (Å²) in [6.45, 7) is 5.00. The molecule has 0 spiro atoms. The van der Waals surface area contributed by atoms with Crippen molar-refractivity contribution in [3.05, 3.63) is 12.2 Å². The smallest absolute Gasteiger partial charge is 0.305 e. The van der Waals surface area contributed by atoms with Crippen LogP contribution in [-0.2, 0) is 14.3 Å². The first-order chi connectivity index (χ1) is 40.0. The van der Waals surface area contributed by atoms with Gasteiger partial charge in [0.1, 0.15) is 0 Å². The Hall–Kier alpha value is -1.40. The maximum Gasteiger partial charge on any atom is 0.305 e. The fourth-order valence-corrected chi connectivity index (χ4v) is 12.1. The molecule has 0 fully saturated rings. The summed E-state index contributed by atoms with van der Waals surface area (Å²) in [7, 11) is 0. The molecule has 6 nitrogen and oxygen atoms in total. The van der Waals surface area contributed by atoms with Gasteiger partial charge in [-0.15, -0.1) is 0 Å². The van der Waals surface area contributed by atoms with Gasteiger partial charge in [0.05, 0.1) is 25.4 Å². The molecule has 1 amide bonds. The average Bonchev–Trinajstić information content (AvgIpc) is 3.47. The second-order valence-corrected chi connectivity index (χ2v) is 26.0. The van der Waals surface area contributed by atoms with Crippen LogP contribution in [0.15, 0.2) is 12.2 Å². The number of carbonyl (C=O) groups is 2. The van der Waals surface area contributed by atoms with Crippen molar-refractivity contribution in [2.75, 3.05) is 13.2 Å². The van der Waals surface area contributed by atoms with Crippen LogP contribution in [0.2, 0.25) is 0 Å². The molecular formula is C75H147NO5. The van der Waals surface area contributed by atoms with Crippen LogP contribution < -0.4 is 5.32 Å². The lowest BCUT2D eigenvalue weighted by Crippen LogP contribution is -2.45. The van der Waals surface area contributed by atoms with E-state index in [0.717, 1.165) is 44.9 Å². The maximum absolute atomic E-state index is 12.5. The summed E-state index contributed by atoms with van der Waals surface area (Å²) in [5.74, 6) is -0.0121. The number of rotatable bonds is 71. The summed E-state index contributed by atoms with van der Waals surface area (Å²) in [5, 5.41) is 23.4. The number of nitrogens with one attached hydrogen (secondary N) is 1. The van der Waals surface area contributed by atoms with E-state index in [1.54, 1.807) is 0 Å². The number of amides is 1. The van der Waals surface area contributed by atoms with Crippen LogP contribution in [0.5, 0.6) is 0 Å². The number of esters is 1. The molecule has 0 rings (SSSR count). The lowest BCUT2D eigenvalue weighted by Gasteiger charge is -2.22. The fourth-order valence-electron chi connectivity index (χ4n) is 12.1. The fraction of sp³-hybridized carbons (Fsp3) is 0.947. The molecule has 0 heterocycles. The van der Waals surface area contributed by atoms with Gasteiger partial charge in [0.15, 0.2) is 0 Å². The van der Waals surface area contributed by atoms with E-state index in [0.29, 0.717) is 25.9 Å². The van der Waals surface area contributed by atoms with Gasteiger partial charge in [-0.3, -0.25) is 9.59 Å². The van der Waals surface area contributed by atoms with E-state index < -0.39 is 12.1 Å². The molecule has 0 aromatic carbocycles. The van der Waals surface area contributed by atoms with Gasteiger partial charge in [-0.1, -0.05) is 379 Å². The Morgan fingerprint density at radius 1 is 0.333 bits per heavy atom. The first kappa shape index (κ1) is 79.6. The molecule has 0 aliphatic carbocycles. The number of unbranched alkanes of at least 4 members (excludes halogenated alkanes) is 58. The number of hydrogen-bond donors (Lipinski definition) is 3. The number of aliphatic hydroxyl groups excluding tert-OH is 2. The first-order valence-corrected chi connectivity index (χ1v) is 37.4. The van der Waals surface area contributed by atoms with Crippen LogP contribution in [0.1, 0.15) is 431 Å². The molecule has 0 aromatic rings. The van der Waals surface area contributed by atoms with E-state index in [2.05, 4.69) is 31.3 Å². The summed E-state index contributed by atoms with van der Waals surface area (Å²) in [6, 6.07) is -0.538. The molecule has 81 heavy (non-hydrogen) atoms. The summed E-state index contributed by atoms with van der Waals surface area (Å²) in [5.41, 5.74) is 0. The van der Waals surface area contributed by atoms with Crippen molar-refractivity contribution in [3.63, 3.8) is 0 Å². The lowest BCUT2D eigenvalue weighted by molar-refractivity contribution is -0.143. The van der Waals surface area contributed by atoms with Gasteiger partial charge in [-0.25, -0.2) is 0 Å². The third-order valence-corrected chi connectivity index (χ3v) is 17.8. The van der Waals surface area contributed by atoms with Crippen LogP contribution in [0.4, 0.5) is 0 Å². The van der Waals surface area contributed by atoms with Crippen molar-refractivity contribution < 1.29 is 24.5 Å². The van der Waals surface area contributed by atoms with Crippen LogP contribution in [-0.4, -0.2) is 47.4 Å². The van der Waals surface area contributed by atoms with Gasteiger partial charge in [0, 0.05) is 12.8 Å². The zero-order valence-electron chi connectivity index (χ0n) is 55.3. The molecule has 0 aliphatic rings. The molecule has 2 unspecified atom stereocenters. The number of carbonyl (C=O) groups excluding carboxylic acids is 2. The summed E-state index contributed by atoms with van der Waals surface area (Å²) in [4.78, 5) is 24.6. The summed E-state index contributed by atoms with van der Waals surface area (Å²) >= 11 is 0. The zero-order valence-corrected chi connectivity index (χ0v) is 55.3. The molecule has 6 heteroatoms. The van der Waals surface area contributed by atoms with Crippen LogP contribution in [0.3, 0.4) is 0 Å². The minimum absolute atomic E-state index is 0.0144. The number of ether oxygens (including phenoxy) is 1. The van der Waals surface area contributed by atoms with E-state index in [1.165, 1.54) is 353 Å². The highest BCUT2D eigenvalue weighted by molar-refractivity contribution is 5.76. The highest BCUT2D eigenvalue weighted by Crippen LogP contribution is 2.20. The second kappa shape index (κ2) is 71.1. The van der Waals surface area contributed by atoms with Gasteiger partial charge in [-0.05, 0) is 51.4 Å². The molecular weight excluding hydrogens is 995 g/mol. The molecule has 482 valence electrons. The number of aliphatic hydroxyl groups is 2. The van der Waals surface area contributed by atoms with Gasteiger partial charge in [0.25, 0.3) is 0 Å². The molecule has 0 saturated carbocycles. The van der Waals surface area contributed by atoms with E-state index in [1.807, 2.05) is 0 Å². The lowest BCUT2D eigenvalue weighted by atomic mass is 10.0. The summed E-state index contributed by atoms with van der Waals surface area (Å²) in [6.07, 6.45) is 88.5. The third-order valence-electron chi connectivity index (χ3n) is 17.8. The summed E-state index contributed by atoms with van der Waals surface area (Å²) < 4.78 is 5.50. The minimum atomic E-state index is -0.661. The maximum atomic E-state index is 12.5. The molecule has 0 saturated heterocycles. The van der Waals surface area contributed by atoms with Crippen molar-refractivity contribution in [2.45, 2.75) is 443 Å². The van der Waals surface area contributed by atoms with E-state index >= 15 is 0 Å². The predicted molar refractivity (Wildman–Crippen MR) is 357 cm³/mol. The highest BCUT2D eigenvalue weighted by Gasteiger charge is 2.20. The Labute approximate surface area is 508 Å². The highest BCUT2D eigenvalue weighted by atomic mass is 16.5. The van der Waals surface area contributed by atoms with Crippen molar-refractivity contribution in [3.8, 4) is 0 Å². The molecule has 3 N–H and O–H groups in total. The van der Waals surface area contributed by atoms with Crippen molar-refractivity contribution in [1.29, 1.82) is 0 Å². The Bertz CT molecular complexity index is 1220. The standard InChI is InChI=1S/C75H147NO5/c1-3-5-7-9-11-13-15-17-19-36-39-43-47-51-55-59-63-67-73(78)72(71-77)76-74(79)68-64-60-56-52-48-44-40-37-34-32-30-28-26-24-22-21-23-25-27-29-31-33-35-38-42-46-50-54-58-62-66-70-81-75(80)69-65-61-57-53-49-45-41-20-18-16-14-12-10-8-6-4-2/h20,41,72-73,77-78H,3-19,21-40,42-71H2,1-2H3,(H,76,79)/b41-20-. The Balaban J connectivity index is 3.32. The molecule has 2 atom stereocenters. The predicted octanol–water partition coefficient (Wildman–Crippen LogP) is 24.3. The monoisotopic (exact) mass is 1140 g/mol. The van der Waals surface area contributed by atoms with Crippen LogP contribution in [0.25, 0.3) is 0 Å². The van der Waals surface area contributed by atoms with Gasteiger partial charge in [-0.2, -0.15) is 0 Å². The molecule has 0 aliphatic heterocycles. The quantitative estimate of drug-likeness (QED) is 0.0320. The van der Waals surface area contributed by atoms with E-state index in [-0.39, 0.29) is 18.5 Å². The second-order valence-electron chi connectivity index (χ2n) is 26.0. The van der Waals surface area contributed by atoms with E-state index in [9.17, 15) is 19.8 Å². The number of hydrogen-bond acceptors (Lipinski definition) is 5. The Morgan fingerprint density at radius 3 is 0.877 bits per heavy atom. The van der Waals surface area contributed by atoms with Crippen molar-refractivity contribution >= 4 is 11.9 Å². The van der Waals surface area contributed by atoms with Gasteiger partial charge in [0.2, 0.25) is 5.91 Å². The molecule has 0 bridgehead atoms. The van der Waals surface area contributed by atoms with Gasteiger partial charge < -0.3 is 20.3 Å². The SMILES string of the molecule is CCCCCCCCC/C=C\CCCCCCCC(=O)OCCCCCCCCCCCCCCCCCCCCCCCCCCCCCCCCCC(=O)NC(CO)C(O)CCCCCCCCCCCCCCCCCCC. The molecule has 0 aromatic heterocycles. The normalized spacial score (nSPS) is 12.5. The number of allylic oxidation sites excluding steroid dienone is 2. The largest absolute Gasteiger partial charge is 0.466 e. The van der Waals surface area contributed by atoms with Crippen LogP contribution >= 0.6 is 0 Å². The van der Waals surface area contributed by atoms with Crippen molar-refractivity contribution in [1.82, 2.24) is 5.32 Å². The first-order valence-electron chi connectivity index (χ1n) is 37.4. The minimum Gasteiger partial charge on any atom is -0.466 e. The Kier molecular flexibility index (Phi) is 69.9. The third kappa shape index (κ3) is 67.6. The average molecular weight is 1140 g/mol. The van der Waals surface area contributed by atoms with Crippen LogP contribution in [0, 0.1) is 0 Å². The molecule has 0 radical (unpaired) electrons. The van der Waals surface area contributed by atoms with Crippen molar-refractivity contribution in [2.24, 2.45) is 0 Å². The Morgan fingerprint density at radius 2 is 0.580 bits per heavy atom.